The molecule has 15 heteroatoms. The van der Waals surface area contributed by atoms with Gasteiger partial charge in [-0.1, -0.05) is 48.0 Å². The second kappa shape index (κ2) is 14.9. The first-order valence-electron chi connectivity index (χ1n) is 15.6. The number of aryl methyl sites for hydroxylation is 6. The first-order chi connectivity index (χ1) is 23.8. The number of amides is 1. The van der Waals surface area contributed by atoms with E-state index in [1.54, 1.807) is 39.1 Å². The summed E-state index contributed by atoms with van der Waals surface area (Å²) in [6, 6.07) is 11.7. The molecule has 50 heavy (non-hydrogen) atoms. The van der Waals surface area contributed by atoms with Crippen LogP contribution in [0.2, 0.25) is 0 Å². The minimum Gasteiger partial charge on any atom is -0.480 e. The molecular formula is C35H36F2N6O6S. The fourth-order valence-corrected chi connectivity index (χ4v) is 6.93. The van der Waals surface area contributed by atoms with E-state index in [0.717, 1.165) is 23.4 Å². The van der Waals surface area contributed by atoms with Crippen LogP contribution in [0.3, 0.4) is 0 Å². The van der Waals surface area contributed by atoms with E-state index in [0.29, 0.717) is 33.5 Å². The van der Waals surface area contributed by atoms with Crippen LogP contribution >= 0.6 is 0 Å². The van der Waals surface area contributed by atoms with E-state index in [1.165, 1.54) is 4.57 Å². The van der Waals surface area contributed by atoms with E-state index in [1.807, 2.05) is 37.3 Å². The number of anilines is 2. The van der Waals surface area contributed by atoms with Gasteiger partial charge in [0.15, 0.2) is 11.9 Å². The van der Waals surface area contributed by atoms with Gasteiger partial charge in [-0.25, -0.2) is 27.0 Å². The number of thiol groups is 1. The molecule has 5 aromatic rings. The number of halogens is 2. The highest BCUT2D eigenvalue weighted by molar-refractivity contribution is 7.74. The van der Waals surface area contributed by atoms with Crippen molar-refractivity contribution in [1.29, 1.82) is 0 Å². The molecule has 4 N–H and O–H groups in total. The molecule has 5 rings (SSSR count). The number of pyridine rings is 1. The Hall–Kier alpha value is -5.57. The van der Waals surface area contributed by atoms with Gasteiger partial charge in [-0.05, 0) is 56.9 Å². The van der Waals surface area contributed by atoms with Crippen LogP contribution in [-0.4, -0.2) is 52.5 Å². The van der Waals surface area contributed by atoms with Crippen LogP contribution in [0.1, 0.15) is 43.9 Å². The Morgan fingerprint density at radius 2 is 1.74 bits per heavy atom. The molecule has 0 saturated heterocycles. The maximum Gasteiger partial charge on any atom is 0.329 e. The first-order valence-corrected chi connectivity index (χ1v) is 16.8. The molecule has 0 radical (unpaired) electrons. The molecule has 2 heterocycles. The molecule has 1 amide bonds. The quantitative estimate of drug-likeness (QED) is 0.113. The largest absolute Gasteiger partial charge is 0.480 e. The number of carbonyl (C=O) groups is 2. The molecule has 0 aliphatic carbocycles. The summed E-state index contributed by atoms with van der Waals surface area (Å²) in [5.41, 5.74) is 1.48. The molecule has 1 unspecified atom stereocenters. The zero-order valence-electron chi connectivity index (χ0n) is 27.7. The zero-order chi connectivity index (χ0) is 36.3. The van der Waals surface area contributed by atoms with Gasteiger partial charge in [0.25, 0.3) is 5.91 Å². The molecule has 0 spiro atoms. The predicted molar refractivity (Wildman–Crippen MR) is 186 cm³/mol. The van der Waals surface area contributed by atoms with Gasteiger partial charge in [-0.15, -0.1) is 0 Å². The minimum atomic E-state index is -3.49. The lowest BCUT2D eigenvalue weighted by Gasteiger charge is -2.28. The van der Waals surface area contributed by atoms with Crippen molar-refractivity contribution in [3.05, 3.63) is 122 Å². The number of fused-ring (bicyclic) bond motifs is 1. The monoisotopic (exact) mass is 706 g/mol. The number of hydrogen-bond donors (Lipinski definition) is 5. The molecule has 2 aromatic heterocycles. The van der Waals surface area contributed by atoms with Gasteiger partial charge in [0.2, 0.25) is 22.3 Å². The number of carbonyl (C=O) groups excluding carboxylic acids is 1. The van der Waals surface area contributed by atoms with Crippen molar-refractivity contribution in [2.24, 2.45) is 0 Å². The van der Waals surface area contributed by atoms with Gasteiger partial charge in [-0.3, -0.25) is 13.9 Å². The minimum absolute atomic E-state index is 0.0854. The van der Waals surface area contributed by atoms with Crippen LogP contribution < -0.4 is 20.4 Å². The fraction of sp³-hybridized carbons (Fsp3) is 0.257. The highest BCUT2D eigenvalue weighted by Crippen LogP contribution is 2.29. The van der Waals surface area contributed by atoms with E-state index in [2.05, 4.69) is 20.6 Å². The average molecular weight is 707 g/mol. The molecular weight excluding hydrogens is 670 g/mol. The fourth-order valence-electron chi connectivity index (χ4n) is 6.04. The zero-order valence-corrected chi connectivity index (χ0v) is 28.6. The summed E-state index contributed by atoms with van der Waals surface area (Å²) in [6.07, 6.45) is 3.12. The molecule has 0 saturated carbocycles. The second-order valence-corrected chi connectivity index (χ2v) is 12.9. The summed E-state index contributed by atoms with van der Waals surface area (Å²) in [5.74, 6) is -4.33. The number of aliphatic carboxylic acids is 1. The second-order valence-electron chi connectivity index (χ2n) is 12.0. The molecule has 3 aromatic carbocycles. The van der Waals surface area contributed by atoms with E-state index in [9.17, 15) is 27.9 Å². The Morgan fingerprint density at radius 1 is 1.06 bits per heavy atom. The summed E-state index contributed by atoms with van der Waals surface area (Å²) in [5, 5.41) is 14.9. The van der Waals surface area contributed by atoms with Gasteiger partial charge < -0.3 is 25.3 Å². The summed E-state index contributed by atoms with van der Waals surface area (Å²) >= 11 is 0. The van der Waals surface area contributed by atoms with Crippen molar-refractivity contribution in [2.75, 3.05) is 16.2 Å². The van der Waals surface area contributed by atoms with Gasteiger partial charge in [0, 0.05) is 31.0 Å². The number of benzene rings is 3. The number of carboxylic acids is 1. The van der Waals surface area contributed by atoms with Crippen molar-refractivity contribution < 1.29 is 31.9 Å². The number of H-pyrrole nitrogens is 1. The average Bonchev–Trinajstić information content (AvgIpc) is 3.48. The van der Waals surface area contributed by atoms with Crippen LogP contribution in [0.5, 0.6) is 0 Å². The number of nitrogens with one attached hydrogen (secondary N) is 3. The van der Waals surface area contributed by atoms with Crippen molar-refractivity contribution in [1.82, 2.24) is 19.9 Å². The molecule has 12 nitrogen and oxygen atoms in total. The summed E-state index contributed by atoms with van der Waals surface area (Å²) in [7, 11) is -3.49. The number of aromatic amines is 1. The molecule has 0 bridgehead atoms. The first kappa shape index (κ1) is 35.7. The number of nitrogens with zero attached hydrogens (tertiary/aromatic N) is 3. The summed E-state index contributed by atoms with van der Waals surface area (Å²) < 4.78 is 58.6. The van der Waals surface area contributed by atoms with Crippen LogP contribution in [0.4, 0.5) is 20.4 Å². The van der Waals surface area contributed by atoms with Crippen LogP contribution in [0.25, 0.3) is 10.9 Å². The SMILES string of the molecule is Cc1cc(C)c(N(C(CNC(=O)c2cn(CCc3ccccc3)c3c(F)c(CNc4nc(C)c[nH]4)c(F)cc3c2=O)C(=O)O)[SH](=O)=O)c(C)c1. The van der Waals surface area contributed by atoms with Crippen molar-refractivity contribution in [2.45, 2.75) is 53.2 Å². The number of imidazole rings is 1. The summed E-state index contributed by atoms with van der Waals surface area (Å²) in [4.78, 5) is 46.7. The highest BCUT2D eigenvalue weighted by Gasteiger charge is 2.32. The number of aromatic nitrogens is 3. The normalized spacial score (nSPS) is 11.9. The Bertz CT molecular complexity index is 2200. The molecule has 0 aliphatic heterocycles. The van der Waals surface area contributed by atoms with Crippen LogP contribution in [-0.2, 0) is 35.2 Å². The summed E-state index contributed by atoms with van der Waals surface area (Å²) in [6.45, 7) is 5.91. The van der Waals surface area contributed by atoms with E-state index >= 15 is 8.78 Å². The van der Waals surface area contributed by atoms with E-state index in [-0.39, 0.29) is 29.9 Å². The topological polar surface area (TPSA) is 166 Å². The van der Waals surface area contributed by atoms with Crippen LogP contribution in [0, 0.1) is 39.3 Å². The maximum atomic E-state index is 16.2. The third kappa shape index (κ3) is 7.52. The number of rotatable bonds is 13. The highest BCUT2D eigenvalue weighted by atomic mass is 32.2. The molecule has 262 valence electrons. The van der Waals surface area contributed by atoms with E-state index < -0.39 is 63.4 Å². The van der Waals surface area contributed by atoms with Gasteiger partial charge in [-0.2, -0.15) is 0 Å². The van der Waals surface area contributed by atoms with Crippen molar-refractivity contribution in [3.63, 3.8) is 0 Å². The number of hydrogen-bond acceptors (Lipinski definition) is 7. The standard InChI is InChI=1S/C35H36F2N6O6S/c1-19-12-20(2)30(21(3)13-19)43(50(48)49)28(34(46)47)17-38-33(45)26-18-42(11-10-23-8-6-5-7-9-23)31-24(32(26)44)14-27(36)25(29(31)37)16-40-35-39-15-22(4)41-35/h5-9,12-15,18,28,50H,10-11,16-17H2,1-4H3,(H,38,45)(H,46,47)(H2,39,40,41). The van der Waals surface area contributed by atoms with E-state index in [4.69, 9.17) is 0 Å². The predicted octanol–water partition coefficient (Wildman–Crippen LogP) is 4.31. The number of carboxylic acid groups (broad SMARTS) is 1. The van der Waals surface area contributed by atoms with Crippen molar-refractivity contribution >= 4 is 45.3 Å². The third-order valence-electron chi connectivity index (χ3n) is 8.29. The van der Waals surface area contributed by atoms with Gasteiger partial charge in [0.05, 0.1) is 28.8 Å². The Kier molecular flexibility index (Phi) is 10.7. The molecule has 1 atom stereocenters. The lowest BCUT2D eigenvalue weighted by molar-refractivity contribution is -0.138. The van der Waals surface area contributed by atoms with Crippen molar-refractivity contribution in [3.8, 4) is 0 Å². The van der Waals surface area contributed by atoms with Gasteiger partial charge in [0.1, 0.15) is 11.4 Å². The smallest absolute Gasteiger partial charge is 0.329 e. The van der Waals surface area contributed by atoms with Gasteiger partial charge >= 0.3 is 5.97 Å². The lowest BCUT2D eigenvalue weighted by atomic mass is 10.0. The Labute approximate surface area is 287 Å². The Balaban J connectivity index is 1.53. The maximum absolute atomic E-state index is 16.2. The van der Waals surface area contributed by atoms with Crippen LogP contribution in [0.15, 0.2) is 65.7 Å². The Morgan fingerprint density at radius 3 is 2.34 bits per heavy atom. The molecule has 0 aliphatic rings. The third-order valence-corrected chi connectivity index (χ3v) is 9.12. The molecule has 0 fully saturated rings. The lowest BCUT2D eigenvalue weighted by Crippen LogP contribution is -2.49.